The number of piperazine rings is 1. The molecule has 1 aliphatic heterocycles. The zero-order chi connectivity index (χ0) is 22.5. The van der Waals surface area contributed by atoms with E-state index in [1.807, 2.05) is 48.7 Å². The van der Waals surface area contributed by atoms with Gasteiger partial charge in [0.1, 0.15) is 11.5 Å². The highest BCUT2D eigenvalue weighted by atomic mass is 16.3. The lowest BCUT2D eigenvalue weighted by molar-refractivity contribution is -0.121. The van der Waals surface area contributed by atoms with Crippen LogP contribution in [-0.4, -0.2) is 56.9 Å². The molecule has 3 aromatic heterocycles. The second kappa shape index (κ2) is 9.76. The summed E-state index contributed by atoms with van der Waals surface area (Å²) in [6.07, 6.45) is 7.23. The van der Waals surface area contributed by atoms with Crippen LogP contribution in [0.15, 0.2) is 77.8 Å². The van der Waals surface area contributed by atoms with E-state index in [2.05, 4.69) is 30.6 Å². The van der Waals surface area contributed by atoms with Gasteiger partial charge in [0.25, 0.3) is 0 Å². The Morgan fingerprint density at radius 1 is 1.15 bits per heavy atom. The van der Waals surface area contributed by atoms with Crippen molar-refractivity contribution in [3.8, 4) is 17.1 Å². The Labute approximate surface area is 191 Å². The molecule has 1 amide bonds. The van der Waals surface area contributed by atoms with Gasteiger partial charge in [-0.1, -0.05) is 18.2 Å². The van der Waals surface area contributed by atoms with Crippen molar-refractivity contribution in [2.24, 2.45) is 0 Å². The van der Waals surface area contributed by atoms with Crippen LogP contribution in [-0.2, 0) is 11.2 Å². The normalized spacial score (nSPS) is 16.5. The molecule has 1 aromatic carbocycles. The topological polar surface area (TPSA) is 101 Å². The van der Waals surface area contributed by atoms with Gasteiger partial charge < -0.3 is 15.1 Å². The fraction of sp³-hybridized carbons (Fsp3) is 0.250. The van der Waals surface area contributed by atoms with Crippen LogP contribution in [0.3, 0.4) is 0 Å². The van der Waals surface area contributed by atoms with Crippen molar-refractivity contribution in [1.29, 1.82) is 0 Å². The summed E-state index contributed by atoms with van der Waals surface area (Å²) in [6, 6.07) is 15.5. The zero-order valence-corrected chi connectivity index (χ0v) is 18.1. The van der Waals surface area contributed by atoms with Crippen LogP contribution in [0.5, 0.6) is 0 Å². The number of carbonyl (C=O) groups is 1. The number of nitrogens with one attached hydrogen (secondary N) is 2. The van der Waals surface area contributed by atoms with Gasteiger partial charge in [-0.25, -0.2) is 14.6 Å². The van der Waals surface area contributed by atoms with Gasteiger partial charge in [-0.15, -0.1) is 0 Å². The first-order valence-corrected chi connectivity index (χ1v) is 10.9. The first-order chi connectivity index (χ1) is 16.3. The van der Waals surface area contributed by atoms with E-state index in [-0.39, 0.29) is 18.4 Å². The Bertz CT molecular complexity index is 1190. The molecular weight excluding hydrogens is 418 g/mol. The molecule has 0 aliphatic carbocycles. The smallest absolute Gasteiger partial charge is 0.225 e. The molecular formula is C24H25N7O2. The summed E-state index contributed by atoms with van der Waals surface area (Å²) >= 11 is 0. The number of furan rings is 1. The Kier molecular flexibility index (Phi) is 6.23. The van der Waals surface area contributed by atoms with E-state index in [4.69, 9.17) is 4.42 Å². The third-order valence-corrected chi connectivity index (χ3v) is 5.60. The van der Waals surface area contributed by atoms with E-state index >= 15 is 0 Å². The summed E-state index contributed by atoms with van der Waals surface area (Å²) < 4.78 is 7.48. The molecule has 5 rings (SSSR count). The van der Waals surface area contributed by atoms with Crippen molar-refractivity contribution >= 4 is 5.91 Å². The lowest BCUT2D eigenvalue weighted by Crippen LogP contribution is -2.50. The van der Waals surface area contributed by atoms with Crippen LogP contribution >= 0.6 is 0 Å². The molecule has 4 aromatic rings. The molecule has 9 heteroatoms. The standard InChI is InChI=1S/C24H25N7O2/c32-23(28-17-30-12-10-25-15-21(30)24-26-8-4-9-27-24)14-18-13-22(33-16-18)20-7-11-31(29-20)19-5-2-1-3-6-19/h1-9,11,13,16,21,25H,10,12,14-15,17H2,(H,28,32). The van der Waals surface area contributed by atoms with Crippen LogP contribution in [0.1, 0.15) is 17.4 Å². The first kappa shape index (κ1) is 21.0. The SMILES string of the molecule is O=C(Cc1coc(-c2ccn(-c3ccccc3)n2)c1)NCN1CCNCC1c1ncccn1. The fourth-order valence-electron chi connectivity index (χ4n) is 3.89. The lowest BCUT2D eigenvalue weighted by Gasteiger charge is -2.34. The zero-order valence-electron chi connectivity index (χ0n) is 18.1. The third kappa shape index (κ3) is 5.00. The number of hydrogen-bond donors (Lipinski definition) is 2. The monoisotopic (exact) mass is 443 g/mol. The Balaban J connectivity index is 1.18. The summed E-state index contributed by atoms with van der Waals surface area (Å²) in [6.45, 7) is 2.86. The van der Waals surface area contributed by atoms with Gasteiger partial charge in [0, 0.05) is 43.8 Å². The summed E-state index contributed by atoms with van der Waals surface area (Å²) in [4.78, 5) is 23.5. The van der Waals surface area contributed by atoms with Crippen molar-refractivity contribution in [2.45, 2.75) is 12.5 Å². The van der Waals surface area contributed by atoms with E-state index in [0.717, 1.165) is 42.4 Å². The number of benzene rings is 1. The molecule has 4 heterocycles. The minimum Gasteiger partial charge on any atom is -0.462 e. The quantitative estimate of drug-likeness (QED) is 0.451. The number of nitrogens with zero attached hydrogens (tertiary/aromatic N) is 5. The first-order valence-electron chi connectivity index (χ1n) is 10.9. The molecule has 1 fully saturated rings. The molecule has 168 valence electrons. The molecule has 1 atom stereocenters. The number of amides is 1. The Morgan fingerprint density at radius 2 is 2.00 bits per heavy atom. The van der Waals surface area contributed by atoms with Crippen molar-refractivity contribution in [3.63, 3.8) is 0 Å². The van der Waals surface area contributed by atoms with Crippen LogP contribution < -0.4 is 10.6 Å². The van der Waals surface area contributed by atoms with Gasteiger partial charge in [0.15, 0.2) is 5.76 Å². The van der Waals surface area contributed by atoms with Crippen molar-refractivity contribution in [3.05, 3.63) is 84.8 Å². The van der Waals surface area contributed by atoms with E-state index in [1.165, 1.54) is 0 Å². The van der Waals surface area contributed by atoms with Gasteiger partial charge in [0.05, 0.1) is 31.1 Å². The maximum Gasteiger partial charge on any atom is 0.225 e. The lowest BCUT2D eigenvalue weighted by atomic mass is 10.2. The average Bonchev–Trinajstić information content (AvgIpc) is 3.54. The number of aromatic nitrogens is 4. The Morgan fingerprint density at radius 3 is 2.85 bits per heavy atom. The van der Waals surface area contributed by atoms with Crippen LogP contribution in [0.4, 0.5) is 0 Å². The van der Waals surface area contributed by atoms with Crippen molar-refractivity contribution in [1.82, 2.24) is 35.3 Å². The van der Waals surface area contributed by atoms with Crippen LogP contribution in [0.2, 0.25) is 0 Å². The Hall–Kier alpha value is -3.82. The molecule has 9 nitrogen and oxygen atoms in total. The number of rotatable bonds is 7. The van der Waals surface area contributed by atoms with Gasteiger partial charge in [-0.05, 0) is 30.3 Å². The highest BCUT2D eigenvalue weighted by molar-refractivity contribution is 5.78. The fourth-order valence-corrected chi connectivity index (χ4v) is 3.89. The summed E-state index contributed by atoms with van der Waals surface area (Å²) in [7, 11) is 0. The van der Waals surface area contributed by atoms with Crippen LogP contribution in [0.25, 0.3) is 17.1 Å². The summed E-state index contributed by atoms with van der Waals surface area (Å²) in [5.74, 6) is 1.33. The summed E-state index contributed by atoms with van der Waals surface area (Å²) in [5, 5.41) is 11.0. The number of hydrogen-bond acceptors (Lipinski definition) is 7. The van der Waals surface area contributed by atoms with Gasteiger partial charge >= 0.3 is 0 Å². The minimum atomic E-state index is -0.0663. The average molecular weight is 444 g/mol. The van der Waals surface area contributed by atoms with E-state index in [1.54, 1.807) is 29.4 Å². The summed E-state index contributed by atoms with van der Waals surface area (Å²) in [5.41, 5.74) is 2.50. The predicted molar refractivity (Wildman–Crippen MR) is 122 cm³/mol. The molecule has 0 spiro atoms. The molecule has 33 heavy (non-hydrogen) atoms. The second-order valence-corrected chi connectivity index (χ2v) is 7.87. The highest BCUT2D eigenvalue weighted by Gasteiger charge is 2.26. The molecule has 1 unspecified atom stereocenters. The molecule has 1 aliphatic rings. The van der Waals surface area contributed by atoms with E-state index in [9.17, 15) is 4.79 Å². The second-order valence-electron chi connectivity index (χ2n) is 7.87. The molecule has 0 saturated carbocycles. The van der Waals surface area contributed by atoms with E-state index < -0.39 is 0 Å². The predicted octanol–water partition coefficient (Wildman–Crippen LogP) is 2.18. The van der Waals surface area contributed by atoms with Gasteiger partial charge in [-0.3, -0.25) is 9.69 Å². The maximum atomic E-state index is 12.6. The maximum absolute atomic E-state index is 12.6. The molecule has 1 saturated heterocycles. The van der Waals surface area contributed by atoms with Crippen LogP contribution in [0, 0.1) is 0 Å². The number of para-hydroxylation sites is 1. The third-order valence-electron chi connectivity index (χ3n) is 5.60. The van der Waals surface area contributed by atoms with Gasteiger partial charge in [0.2, 0.25) is 5.91 Å². The number of carbonyl (C=O) groups excluding carboxylic acids is 1. The molecule has 0 radical (unpaired) electrons. The molecule has 2 N–H and O–H groups in total. The van der Waals surface area contributed by atoms with Crippen molar-refractivity contribution < 1.29 is 9.21 Å². The van der Waals surface area contributed by atoms with Gasteiger partial charge in [-0.2, -0.15) is 5.10 Å². The largest absolute Gasteiger partial charge is 0.462 e. The van der Waals surface area contributed by atoms with E-state index in [0.29, 0.717) is 12.4 Å². The highest BCUT2D eigenvalue weighted by Crippen LogP contribution is 2.22. The molecule has 0 bridgehead atoms. The minimum absolute atomic E-state index is 0.0282. The van der Waals surface area contributed by atoms with Crippen molar-refractivity contribution in [2.75, 3.05) is 26.3 Å².